The van der Waals surface area contributed by atoms with Crippen molar-refractivity contribution in [1.82, 2.24) is 5.32 Å². The quantitative estimate of drug-likeness (QED) is 0.346. The van der Waals surface area contributed by atoms with E-state index >= 15 is 0 Å². The molecule has 3 aromatic carbocycles. The highest BCUT2D eigenvalue weighted by Crippen LogP contribution is 2.48. The lowest BCUT2D eigenvalue weighted by Gasteiger charge is -2.40. The van der Waals surface area contributed by atoms with Crippen LogP contribution in [0.25, 0.3) is 11.8 Å². The van der Waals surface area contributed by atoms with Crippen molar-refractivity contribution in [3.05, 3.63) is 128 Å². The molecule has 2 aliphatic rings. The summed E-state index contributed by atoms with van der Waals surface area (Å²) in [7, 11) is 0. The lowest BCUT2D eigenvalue weighted by atomic mass is 9.67. The first kappa shape index (κ1) is 22.9. The molecule has 3 aromatic rings. The van der Waals surface area contributed by atoms with Gasteiger partial charge in [0.15, 0.2) is 5.78 Å². The number of hydrogen-bond acceptors (Lipinski definition) is 2. The van der Waals surface area contributed by atoms with Gasteiger partial charge in [-0.05, 0) is 64.9 Å². The van der Waals surface area contributed by atoms with Gasteiger partial charge in [-0.2, -0.15) is 0 Å². The summed E-state index contributed by atoms with van der Waals surface area (Å²) in [6.45, 7) is 4.30. The van der Waals surface area contributed by atoms with Crippen molar-refractivity contribution >= 4 is 45.1 Å². The van der Waals surface area contributed by atoms with Gasteiger partial charge in [0.25, 0.3) is 0 Å². The Morgan fingerprint density at radius 1 is 0.971 bits per heavy atom. The van der Waals surface area contributed by atoms with Gasteiger partial charge in [-0.25, -0.2) is 0 Å². The van der Waals surface area contributed by atoms with Crippen LogP contribution in [-0.4, -0.2) is 5.78 Å². The van der Waals surface area contributed by atoms with E-state index in [-0.39, 0.29) is 17.1 Å². The van der Waals surface area contributed by atoms with E-state index in [0.29, 0.717) is 5.02 Å². The molecule has 1 aliphatic heterocycles. The Balaban J connectivity index is 1.63. The number of halogens is 2. The van der Waals surface area contributed by atoms with Gasteiger partial charge in [0.05, 0.1) is 0 Å². The standard InChI is InChI=1S/C30H25BrClNO/c1-30(2)18-27-28(29(34)25(30)16-19-8-12-22(31)13-9-19)24(20-10-14-23(32)15-11-20)17-26(33-27)21-6-4-3-5-7-21/h3-17,24,33H,18H2,1-2H3/b25-16+. The Labute approximate surface area is 214 Å². The van der Waals surface area contributed by atoms with E-state index in [1.807, 2.05) is 72.8 Å². The molecule has 1 atom stereocenters. The Bertz CT molecular complexity index is 1330. The molecule has 0 bridgehead atoms. The zero-order chi connectivity index (χ0) is 23.9. The molecule has 1 N–H and O–H groups in total. The monoisotopic (exact) mass is 529 g/mol. The molecule has 1 heterocycles. The van der Waals surface area contributed by atoms with Crippen LogP contribution in [0.2, 0.25) is 5.02 Å². The summed E-state index contributed by atoms with van der Waals surface area (Å²) in [4.78, 5) is 14.1. The summed E-state index contributed by atoms with van der Waals surface area (Å²) >= 11 is 9.68. The van der Waals surface area contributed by atoms with Crippen molar-refractivity contribution in [2.24, 2.45) is 5.41 Å². The Hall–Kier alpha value is -2.88. The van der Waals surface area contributed by atoms with Crippen LogP contribution >= 0.6 is 27.5 Å². The fourth-order valence-electron chi connectivity index (χ4n) is 4.82. The number of nitrogens with one attached hydrogen (secondary N) is 1. The molecule has 0 saturated heterocycles. The number of Topliss-reactive ketones (excluding diaryl/α,β-unsaturated/α-hetero) is 1. The Kier molecular flexibility index (Phi) is 6.09. The normalized spacial score (nSPS) is 20.6. The number of ketones is 1. The Morgan fingerprint density at radius 2 is 1.65 bits per heavy atom. The average molecular weight is 531 g/mol. The maximum atomic E-state index is 14.1. The van der Waals surface area contributed by atoms with Crippen molar-refractivity contribution in [2.45, 2.75) is 26.2 Å². The predicted molar refractivity (Wildman–Crippen MR) is 144 cm³/mol. The zero-order valence-electron chi connectivity index (χ0n) is 19.1. The maximum Gasteiger partial charge on any atom is 0.188 e. The third kappa shape index (κ3) is 4.43. The van der Waals surface area contributed by atoms with Gasteiger partial charge in [0.1, 0.15) is 0 Å². The van der Waals surface area contributed by atoms with Crippen LogP contribution in [0.15, 0.2) is 106 Å². The Morgan fingerprint density at radius 3 is 2.32 bits per heavy atom. The van der Waals surface area contributed by atoms with Crippen molar-refractivity contribution < 1.29 is 4.79 Å². The molecule has 0 spiro atoms. The smallest absolute Gasteiger partial charge is 0.188 e. The van der Waals surface area contributed by atoms with Gasteiger partial charge >= 0.3 is 0 Å². The van der Waals surface area contributed by atoms with Crippen molar-refractivity contribution in [3.63, 3.8) is 0 Å². The number of rotatable bonds is 3. The lowest BCUT2D eigenvalue weighted by Crippen LogP contribution is -2.37. The zero-order valence-corrected chi connectivity index (χ0v) is 21.5. The highest BCUT2D eigenvalue weighted by Gasteiger charge is 2.42. The second kappa shape index (κ2) is 9.05. The van der Waals surface area contributed by atoms with Gasteiger partial charge in [-0.15, -0.1) is 0 Å². The molecule has 0 fully saturated rings. The molecule has 2 nitrogen and oxygen atoms in total. The molecule has 1 unspecified atom stereocenters. The molecule has 0 saturated carbocycles. The number of hydrogen-bond donors (Lipinski definition) is 1. The number of benzene rings is 3. The highest BCUT2D eigenvalue weighted by molar-refractivity contribution is 9.10. The molecule has 34 heavy (non-hydrogen) atoms. The molecule has 0 radical (unpaired) electrons. The SMILES string of the molecule is CC1(C)CC2=C(C(=O)/C1=C\c1ccc(Br)cc1)C(c1ccc(Cl)cc1)C=C(c1ccccc1)N2. The minimum absolute atomic E-state index is 0.102. The molecule has 0 amide bonds. The molecular formula is C30H25BrClNO. The number of carbonyl (C=O) groups excluding carboxylic acids is 1. The number of dihydropyridines is 1. The van der Waals surface area contributed by atoms with Gasteiger partial charge in [0.2, 0.25) is 0 Å². The van der Waals surface area contributed by atoms with E-state index in [4.69, 9.17) is 11.6 Å². The minimum atomic E-state index is -0.306. The molecular weight excluding hydrogens is 506 g/mol. The van der Waals surface area contributed by atoms with Crippen LogP contribution in [0.1, 0.15) is 42.9 Å². The van der Waals surface area contributed by atoms with Crippen molar-refractivity contribution in [3.8, 4) is 0 Å². The first-order chi connectivity index (χ1) is 16.3. The summed E-state index contributed by atoms with van der Waals surface area (Å²) in [5, 5.41) is 4.31. The molecule has 170 valence electrons. The second-order valence-corrected chi connectivity index (χ2v) is 10.8. The molecule has 5 rings (SSSR count). The van der Waals surface area contributed by atoms with Crippen LogP contribution in [0.5, 0.6) is 0 Å². The minimum Gasteiger partial charge on any atom is -0.358 e. The summed E-state index contributed by atoms with van der Waals surface area (Å²) in [6.07, 6.45) is 4.98. The third-order valence-corrected chi connectivity index (χ3v) is 7.37. The van der Waals surface area contributed by atoms with Gasteiger partial charge in [-0.3, -0.25) is 4.79 Å². The molecule has 4 heteroatoms. The predicted octanol–water partition coefficient (Wildman–Crippen LogP) is 8.17. The summed E-state index contributed by atoms with van der Waals surface area (Å²) in [5.74, 6) is -0.0504. The van der Waals surface area contributed by atoms with Crippen LogP contribution in [-0.2, 0) is 4.79 Å². The van der Waals surface area contributed by atoms with Gasteiger partial charge < -0.3 is 5.32 Å². The summed E-state index contributed by atoms with van der Waals surface area (Å²) in [5.41, 5.74) is 6.58. The van der Waals surface area contributed by atoms with Crippen LogP contribution in [0.3, 0.4) is 0 Å². The second-order valence-electron chi connectivity index (χ2n) is 9.49. The summed E-state index contributed by atoms with van der Waals surface area (Å²) in [6, 6.07) is 26.2. The maximum absolute atomic E-state index is 14.1. The van der Waals surface area contributed by atoms with Crippen LogP contribution in [0.4, 0.5) is 0 Å². The molecule has 1 aliphatic carbocycles. The highest BCUT2D eigenvalue weighted by atomic mass is 79.9. The number of carbonyl (C=O) groups is 1. The van der Waals surface area contributed by atoms with E-state index in [1.54, 1.807) is 0 Å². The lowest BCUT2D eigenvalue weighted by molar-refractivity contribution is -0.113. The fourth-order valence-corrected chi connectivity index (χ4v) is 5.21. The first-order valence-electron chi connectivity index (χ1n) is 11.4. The van der Waals surface area contributed by atoms with Crippen molar-refractivity contribution in [2.75, 3.05) is 0 Å². The van der Waals surface area contributed by atoms with Gasteiger partial charge in [0, 0.05) is 38.0 Å². The van der Waals surface area contributed by atoms with E-state index in [1.165, 1.54) is 0 Å². The third-order valence-electron chi connectivity index (χ3n) is 6.59. The van der Waals surface area contributed by atoms with E-state index < -0.39 is 0 Å². The van der Waals surface area contributed by atoms with Crippen molar-refractivity contribution in [1.29, 1.82) is 0 Å². The van der Waals surface area contributed by atoms with Gasteiger partial charge in [-0.1, -0.05) is 96.0 Å². The first-order valence-corrected chi connectivity index (χ1v) is 12.5. The van der Waals surface area contributed by atoms with E-state index in [0.717, 1.165) is 50.1 Å². The van der Waals surface area contributed by atoms with Crippen LogP contribution < -0.4 is 5.32 Å². The number of allylic oxidation sites excluding steroid dienone is 4. The largest absolute Gasteiger partial charge is 0.358 e. The average Bonchev–Trinajstić information content (AvgIpc) is 2.83. The fraction of sp³-hybridized carbons (Fsp3) is 0.167. The van der Waals surface area contributed by atoms with Crippen LogP contribution in [0, 0.1) is 5.41 Å². The van der Waals surface area contributed by atoms with E-state index in [2.05, 4.69) is 53.3 Å². The van der Waals surface area contributed by atoms with E-state index in [9.17, 15) is 4.79 Å². The summed E-state index contributed by atoms with van der Waals surface area (Å²) < 4.78 is 1.02. The molecule has 0 aromatic heterocycles. The topological polar surface area (TPSA) is 29.1 Å².